The molecule has 0 radical (unpaired) electrons. The largest absolute Gasteiger partial charge is 0.383 e. The van der Waals surface area contributed by atoms with Crippen LogP contribution in [0.2, 0.25) is 0 Å². The summed E-state index contributed by atoms with van der Waals surface area (Å²) in [5, 5.41) is 0. The van der Waals surface area contributed by atoms with Gasteiger partial charge >= 0.3 is 0 Å². The Labute approximate surface area is 178 Å². The summed E-state index contributed by atoms with van der Waals surface area (Å²) in [7, 11) is 1.70. The molecule has 0 aromatic heterocycles. The van der Waals surface area contributed by atoms with Gasteiger partial charge in [-0.25, -0.2) is 0 Å². The lowest BCUT2D eigenvalue weighted by Crippen LogP contribution is -2.26. The van der Waals surface area contributed by atoms with Gasteiger partial charge in [-0.1, -0.05) is 30.3 Å². The number of ether oxygens (including phenoxy) is 1. The molecule has 30 heavy (non-hydrogen) atoms. The number of hydrogen-bond acceptors (Lipinski definition) is 4. The highest BCUT2D eigenvalue weighted by atomic mass is 16.5. The fraction of sp³-hybridized carbons (Fsp3) is 0.440. The quantitative estimate of drug-likeness (QED) is 0.677. The first-order chi connectivity index (χ1) is 14.5. The Bertz CT molecular complexity index is 948. The molecule has 1 heterocycles. The zero-order valence-corrected chi connectivity index (χ0v) is 17.8. The molecule has 2 aromatic rings. The lowest BCUT2D eigenvalue weighted by atomic mass is 9.87. The maximum absolute atomic E-state index is 13.0. The predicted octanol–water partition coefficient (Wildman–Crippen LogP) is 3.79. The predicted molar refractivity (Wildman–Crippen MR) is 118 cm³/mol. The van der Waals surface area contributed by atoms with Crippen LogP contribution in [0.3, 0.4) is 0 Å². The summed E-state index contributed by atoms with van der Waals surface area (Å²) < 4.78 is 5.15. The van der Waals surface area contributed by atoms with Gasteiger partial charge in [-0.2, -0.15) is 0 Å². The average Bonchev–Trinajstić information content (AvgIpc) is 3.48. The number of carbonyl (C=O) groups is 2. The van der Waals surface area contributed by atoms with Crippen LogP contribution >= 0.6 is 0 Å². The van der Waals surface area contributed by atoms with E-state index in [-0.39, 0.29) is 17.6 Å². The third-order valence-corrected chi connectivity index (χ3v) is 6.42. The van der Waals surface area contributed by atoms with Crippen LogP contribution in [0.1, 0.15) is 57.0 Å². The maximum Gasteiger partial charge on any atom is 0.249 e. The minimum absolute atomic E-state index is 0.0506. The summed E-state index contributed by atoms with van der Waals surface area (Å²) in [5.74, 6) is 0.297. The van der Waals surface area contributed by atoms with E-state index in [0.717, 1.165) is 66.7 Å². The van der Waals surface area contributed by atoms with Crippen molar-refractivity contribution in [2.24, 2.45) is 11.7 Å². The number of carbonyl (C=O) groups excluding carboxylic acids is 2. The van der Waals surface area contributed by atoms with E-state index in [9.17, 15) is 9.59 Å². The van der Waals surface area contributed by atoms with E-state index in [1.165, 1.54) is 0 Å². The normalized spacial score (nSPS) is 19.2. The van der Waals surface area contributed by atoms with Gasteiger partial charge in [0.1, 0.15) is 0 Å². The Hall–Kier alpha value is -2.50. The van der Waals surface area contributed by atoms with Gasteiger partial charge in [0.2, 0.25) is 5.91 Å². The number of amides is 1. The van der Waals surface area contributed by atoms with Crippen LogP contribution < -0.4 is 5.73 Å². The summed E-state index contributed by atoms with van der Waals surface area (Å²) in [5.41, 5.74) is 11.4. The maximum atomic E-state index is 13.0. The summed E-state index contributed by atoms with van der Waals surface area (Å²) in [6.45, 7) is 5.39. The number of nitrogens with two attached hydrogens (primary N) is 1. The van der Waals surface area contributed by atoms with E-state index in [4.69, 9.17) is 10.5 Å². The monoisotopic (exact) mass is 406 g/mol. The number of ketones is 1. The topological polar surface area (TPSA) is 72.6 Å². The number of aryl methyl sites for hydroxylation is 1. The van der Waals surface area contributed by atoms with Crippen LogP contribution in [0.15, 0.2) is 36.4 Å². The van der Waals surface area contributed by atoms with Crippen LogP contribution in [0.5, 0.6) is 0 Å². The SMILES string of the molecule is COCCN1CCC(C(=O)c2ccc(-c3c(C)ccc(C(N)=O)c3C3CC3)cc2)C1. The van der Waals surface area contributed by atoms with E-state index in [0.29, 0.717) is 18.1 Å². The van der Waals surface area contributed by atoms with Crippen molar-refractivity contribution in [1.82, 2.24) is 4.90 Å². The van der Waals surface area contributed by atoms with Gasteiger partial charge in [-0.15, -0.1) is 0 Å². The molecule has 5 nitrogen and oxygen atoms in total. The second kappa shape index (κ2) is 8.70. The van der Waals surface area contributed by atoms with Crippen molar-refractivity contribution in [3.05, 3.63) is 58.7 Å². The zero-order valence-electron chi connectivity index (χ0n) is 17.8. The highest BCUT2D eigenvalue weighted by molar-refractivity contribution is 5.99. The van der Waals surface area contributed by atoms with Gasteiger partial charge in [0.05, 0.1) is 6.61 Å². The summed E-state index contributed by atoms with van der Waals surface area (Å²) in [6.07, 6.45) is 3.08. The van der Waals surface area contributed by atoms with Crippen molar-refractivity contribution in [2.45, 2.75) is 32.1 Å². The van der Waals surface area contributed by atoms with Crippen molar-refractivity contribution in [3.8, 4) is 11.1 Å². The molecular weight excluding hydrogens is 376 g/mol. The smallest absolute Gasteiger partial charge is 0.249 e. The molecular formula is C25H30N2O3. The number of rotatable bonds is 8. The Kier molecular flexibility index (Phi) is 6.02. The van der Waals surface area contributed by atoms with Crippen molar-refractivity contribution < 1.29 is 14.3 Å². The third kappa shape index (κ3) is 4.18. The second-order valence-electron chi connectivity index (χ2n) is 8.58. The standard InChI is InChI=1S/C25H30N2O3/c1-16-3-10-21(25(26)29)23(18-4-5-18)22(16)17-6-8-19(9-7-17)24(28)20-11-12-27(15-20)13-14-30-2/h3,6-10,18,20H,4-5,11-15H2,1-2H3,(H2,26,29). The average molecular weight is 407 g/mol. The molecule has 2 fully saturated rings. The van der Waals surface area contributed by atoms with Gasteiger partial charge in [-0.05, 0) is 67.0 Å². The first-order valence-corrected chi connectivity index (χ1v) is 10.8. The molecule has 158 valence electrons. The number of hydrogen-bond donors (Lipinski definition) is 1. The van der Waals surface area contributed by atoms with Crippen LogP contribution in [-0.2, 0) is 4.74 Å². The van der Waals surface area contributed by atoms with E-state index in [1.807, 2.05) is 36.4 Å². The molecule has 1 unspecified atom stereocenters. The van der Waals surface area contributed by atoms with Crippen LogP contribution in [0, 0.1) is 12.8 Å². The number of methoxy groups -OCH3 is 1. The third-order valence-electron chi connectivity index (χ3n) is 6.42. The van der Waals surface area contributed by atoms with Crippen molar-refractivity contribution in [2.75, 3.05) is 33.4 Å². The number of benzene rings is 2. The number of Topliss-reactive ketones (excluding diaryl/α,β-unsaturated/α-hetero) is 1. The summed E-state index contributed by atoms with van der Waals surface area (Å²) >= 11 is 0. The van der Waals surface area contributed by atoms with Gasteiger partial charge in [0.25, 0.3) is 0 Å². The fourth-order valence-corrected chi connectivity index (χ4v) is 4.63. The van der Waals surface area contributed by atoms with Crippen molar-refractivity contribution in [3.63, 3.8) is 0 Å². The van der Waals surface area contributed by atoms with Crippen LogP contribution in [0.25, 0.3) is 11.1 Å². The minimum Gasteiger partial charge on any atom is -0.383 e. The molecule has 0 bridgehead atoms. The number of nitrogens with zero attached hydrogens (tertiary/aromatic N) is 1. The van der Waals surface area contributed by atoms with E-state index in [1.54, 1.807) is 7.11 Å². The molecule has 1 aliphatic carbocycles. The van der Waals surface area contributed by atoms with Crippen molar-refractivity contribution in [1.29, 1.82) is 0 Å². The Morgan fingerprint density at radius 3 is 2.47 bits per heavy atom. The van der Waals surface area contributed by atoms with Gasteiger partial charge in [-0.3, -0.25) is 9.59 Å². The Morgan fingerprint density at radius 2 is 1.83 bits per heavy atom. The lowest BCUT2D eigenvalue weighted by molar-refractivity contribution is 0.0917. The van der Waals surface area contributed by atoms with Gasteiger partial charge in [0, 0.05) is 37.2 Å². The van der Waals surface area contributed by atoms with Gasteiger partial charge < -0.3 is 15.4 Å². The molecule has 1 aliphatic heterocycles. The second-order valence-corrected chi connectivity index (χ2v) is 8.58. The van der Waals surface area contributed by atoms with Crippen LogP contribution in [0.4, 0.5) is 0 Å². The molecule has 1 saturated carbocycles. The van der Waals surface area contributed by atoms with E-state index >= 15 is 0 Å². The first-order valence-electron chi connectivity index (χ1n) is 10.8. The molecule has 5 heteroatoms. The molecule has 1 atom stereocenters. The Balaban J connectivity index is 1.57. The highest BCUT2D eigenvalue weighted by Crippen LogP contribution is 2.47. The highest BCUT2D eigenvalue weighted by Gasteiger charge is 2.32. The zero-order chi connectivity index (χ0) is 21.3. The molecule has 2 N–H and O–H groups in total. The van der Waals surface area contributed by atoms with Crippen LogP contribution in [-0.4, -0.2) is 49.9 Å². The fourth-order valence-electron chi connectivity index (χ4n) is 4.63. The van der Waals surface area contributed by atoms with Crippen molar-refractivity contribution >= 4 is 11.7 Å². The summed E-state index contributed by atoms with van der Waals surface area (Å²) in [6, 6.07) is 11.7. The number of likely N-dealkylation sites (tertiary alicyclic amines) is 1. The molecule has 4 rings (SSSR count). The molecule has 0 spiro atoms. The number of primary amides is 1. The molecule has 2 aliphatic rings. The molecule has 1 amide bonds. The molecule has 1 saturated heterocycles. The lowest BCUT2D eigenvalue weighted by Gasteiger charge is -2.17. The van der Waals surface area contributed by atoms with Gasteiger partial charge in [0.15, 0.2) is 5.78 Å². The van der Waals surface area contributed by atoms with E-state index < -0.39 is 0 Å². The molecule has 2 aromatic carbocycles. The summed E-state index contributed by atoms with van der Waals surface area (Å²) in [4.78, 5) is 27.3. The Morgan fingerprint density at radius 1 is 1.10 bits per heavy atom. The first kappa shape index (κ1) is 20.8. The van der Waals surface area contributed by atoms with E-state index in [2.05, 4.69) is 11.8 Å². The minimum atomic E-state index is -0.371.